The predicted octanol–water partition coefficient (Wildman–Crippen LogP) is 5.36. The number of morpholine rings is 1. The number of piperidine rings is 1. The maximum atomic E-state index is 12.4. The number of hydrogen-bond donors (Lipinski definition) is 2. The van der Waals surface area contributed by atoms with Crippen molar-refractivity contribution in [3.05, 3.63) is 64.3 Å². The van der Waals surface area contributed by atoms with E-state index in [4.69, 9.17) is 4.74 Å². The highest BCUT2D eigenvalue weighted by Crippen LogP contribution is 2.39. The molecule has 36 heavy (non-hydrogen) atoms. The lowest BCUT2D eigenvalue weighted by atomic mass is 9.78. The number of carboxylic acids is 1. The van der Waals surface area contributed by atoms with Gasteiger partial charge in [-0.15, -0.1) is 0 Å². The number of aromatic carboxylic acids is 1. The molecule has 192 valence electrons. The van der Waals surface area contributed by atoms with Gasteiger partial charge in [0.05, 0.1) is 18.8 Å². The predicted molar refractivity (Wildman–Crippen MR) is 146 cm³/mol. The van der Waals surface area contributed by atoms with Crippen molar-refractivity contribution in [2.75, 3.05) is 44.3 Å². The third kappa shape index (κ3) is 4.53. The van der Waals surface area contributed by atoms with Crippen molar-refractivity contribution >= 4 is 22.6 Å². The summed E-state index contributed by atoms with van der Waals surface area (Å²) in [5, 5.41) is 10.9. The van der Waals surface area contributed by atoms with Crippen LogP contribution >= 0.6 is 0 Å². The third-order valence-corrected chi connectivity index (χ3v) is 8.35. The van der Waals surface area contributed by atoms with Gasteiger partial charge in [0.15, 0.2) is 0 Å². The van der Waals surface area contributed by atoms with E-state index >= 15 is 0 Å². The van der Waals surface area contributed by atoms with Crippen molar-refractivity contribution in [3.8, 4) is 0 Å². The molecule has 0 radical (unpaired) electrons. The Labute approximate surface area is 214 Å². The molecule has 0 bridgehead atoms. The lowest BCUT2D eigenvalue weighted by Gasteiger charge is -2.41. The van der Waals surface area contributed by atoms with Crippen LogP contribution in [0.25, 0.3) is 10.9 Å². The highest BCUT2D eigenvalue weighted by molar-refractivity contribution is 6.05. The van der Waals surface area contributed by atoms with E-state index in [1.807, 2.05) is 25.1 Å². The molecule has 2 aliphatic heterocycles. The summed E-state index contributed by atoms with van der Waals surface area (Å²) < 4.78 is 5.55. The Hall–Kier alpha value is -2.83. The lowest BCUT2D eigenvalue weighted by molar-refractivity contribution is 0.0115. The Bertz CT molecular complexity index is 1250. The highest BCUT2D eigenvalue weighted by atomic mass is 16.5. The van der Waals surface area contributed by atoms with Crippen molar-refractivity contribution in [2.24, 2.45) is 0 Å². The number of carbonyl (C=O) groups is 1. The average molecular weight is 490 g/mol. The second-order valence-electron chi connectivity index (χ2n) is 10.9. The molecule has 2 N–H and O–H groups in total. The number of nitrogens with one attached hydrogen (secondary N) is 1. The minimum absolute atomic E-state index is 0.377. The zero-order valence-electron chi connectivity index (χ0n) is 22.1. The lowest BCUT2D eigenvalue weighted by Crippen LogP contribution is -2.49. The fourth-order valence-electron chi connectivity index (χ4n) is 6.11. The van der Waals surface area contributed by atoms with E-state index in [-0.39, 0.29) is 0 Å². The first-order chi connectivity index (χ1) is 17.3. The summed E-state index contributed by atoms with van der Waals surface area (Å²) >= 11 is 0. The summed E-state index contributed by atoms with van der Waals surface area (Å²) in [5.41, 5.74) is 6.42. The van der Waals surface area contributed by atoms with Crippen LogP contribution in [0.5, 0.6) is 0 Å². The van der Waals surface area contributed by atoms with Gasteiger partial charge in [-0.2, -0.15) is 0 Å². The molecular weight excluding hydrogens is 450 g/mol. The molecule has 5 rings (SSSR count). The molecule has 0 saturated carbocycles. The Morgan fingerprint density at radius 1 is 1.08 bits per heavy atom. The van der Waals surface area contributed by atoms with E-state index < -0.39 is 11.4 Å². The average Bonchev–Trinajstić information content (AvgIpc) is 3.29. The second kappa shape index (κ2) is 9.91. The normalized spacial score (nSPS) is 18.2. The maximum absolute atomic E-state index is 12.4. The quantitative estimate of drug-likeness (QED) is 0.488. The van der Waals surface area contributed by atoms with Crippen LogP contribution in [0.4, 0.5) is 5.69 Å². The fourth-order valence-corrected chi connectivity index (χ4v) is 6.11. The molecular formula is C30H39N3O3. The van der Waals surface area contributed by atoms with Gasteiger partial charge in [-0.25, -0.2) is 4.79 Å². The summed E-state index contributed by atoms with van der Waals surface area (Å²) in [6, 6.07) is 13.3. The van der Waals surface area contributed by atoms with Crippen LogP contribution in [0.15, 0.2) is 36.4 Å². The van der Waals surface area contributed by atoms with Crippen LogP contribution in [0.2, 0.25) is 0 Å². The van der Waals surface area contributed by atoms with Crippen molar-refractivity contribution in [1.29, 1.82) is 0 Å². The highest BCUT2D eigenvalue weighted by Gasteiger charge is 2.33. The molecule has 6 nitrogen and oxygen atoms in total. The first-order valence-electron chi connectivity index (χ1n) is 13.4. The summed E-state index contributed by atoms with van der Waals surface area (Å²) in [6.45, 7) is 14.4. The van der Waals surface area contributed by atoms with E-state index in [1.165, 1.54) is 24.1 Å². The number of benzene rings is 2. The number of carboxylic acid groups (broad SMARTS) is 1. The molecule has 0 spiro atoms. The SMILES string of the molecule is CCc1ccc(C(C)(C)c2[nH]c3cc(C)ccc3c2C(=O)O)cc1N1CCC(N2CCOCC2)CC1. The summed E-state index contributed by atoms with van der Waals surface area (Å²) in [6.07, 6.45) is 3.31. The summed E-state index contributed by atoms with van der Waals surface area (Å²) in [5.74, 6) is -0.885. The third-order valence-electron chi connectivity index (χ3n) is 8.35. The van der Waals surface area contributed by atoms with Gasteiger partial charge in [0.25, 0.3) is 0 Å². The van der Waals surface area contributed by atoms with Crippen LogP contribution in [0, 0.1) is 6.92 Å². The standard InChI is InChI=1S/C30H39N3O3/c1-5-21-7-8-22(19-26(21)33-12-10-23(11-13-33)32-14-16-36-17-15-32)30(3,4)28-27(29(34)35)24-9-6-20(2)18-25(24)31-28/h6-9,18-19,23,31H,5,10-17H2,1-4H3,(H,34,35). The molecule has 0 unspecified atom stereocenters. The first-order valence-corrected chi connectivity index (χ1v) is 13.4. The summed E-state index contributed by atoms with van der Waals surface area (Å²) in [4.78, 5) is 21.0. The zero-order valence-corrected chi connectivity index (χ0v) is 22.1. The van der Waals surface area contributed by atoms with Gasteiger partial charge in [-0.05, 0) is 55.0 Å². The van der Waals surface area contributed by atoms with Crippen LogP contribution in [-0.4, -0.2) is 66.4 Å². The smallest absolute Gasteiger partial charge is 0.338 e. The number of nitrogens with zero attached hydrogens (tertiary/aromatic N) is 2. The van der Waals surface area contributed by atoms with E-state index in [0.717, 1.165) is 73.5 Å². The number of rotatable bonds is 6. The maximum Gasteiger partial charge on any atom is 0.338 e. The van der Waals surface area contributed by atoms with Gasteiger partial charge >= 0.3 is 5.97 Å². The number of ether oxygens (including phenoxy) is 1. The molecule has 2 saturated heterocycles. The molecule has 3 aromatic rings. The van der Waals surface area contributed by atoms with Gasteiger partial charge in [0.2, 0.25) is 0 Å². The molecule has 0 aliphatic carbocycles. The fraction of sp³-hybridized carbons (Fsp3) is 0.500. The topological polar surface area (TPSA) is 68.8 Å². The Morgan fingerprint density at radius 2 is 1.81 bits per heavy atom. The Balaban J connectivity index is 1.47. The molecule has 2 aliphatic rings. The Kier molecular flexibility index (Phi) is 6.84. The van der Waals surface area contributed by atoms with Gasteiger partial charge in [-0.1, -0.05) is 45.0 Å². The summed E-state index contributed by atoms with van der Waals surface area (Å²) in [7, 11) is 0. The van der Waals surface area contributed by atoms with Gasteiger partial charge in [0.1, 0.15) is 0 Å². The number of hydrogen-bond acceptors (Lipinski definition) is 4. The number of aromatic amines is 1. The number of H-pyrrole nitrogens is 1. The van der Waals surface area contributed by atoms with E-state index in [9.17, 15) is 9.90 Å². The van der Waals surface area contributed by atoms with Crippen molar-refractivity contribution in [2.45, 2.75) is 58.4 Å². The molecule has 0 amide bonds. The number of aryl methyl sites for hydroxylation is 2. The Morgan fingerprint density at radius 3 is 2.47 bits per heavy atom. The zero-order chi connectivity index (χ0) is 25.4. The molecule has 1 aromatic heterocycles. The minimum Gasteiger partial charge on any atom is -0.478 e. The first kappa shape index (κ1) is 24.8. The monoisotopic (exact) mass is 489 g/mol. The molecule has 3 heterocycles. The van der Waals surface area contributed by atoms with Gasteiger partial charge < -0.3 is 19.7 Å². The van der Waals surface area contributed by atoms with Crippen LogP contribution in [-0.2, 0) is 16.6 Å². The van der Waals surface area contributed by atoms with Gasteiger partial charge in [0, 0.05) is 59.9 Å². The van der Waals surface area contributed by atoms with Crippen molar-refractivity contribution < 1.29 is 14.6 Å². The molecule has 2 fully saturated rings. The number of fused-ring (bicyclic) bond motifs is 1. The second-order valence-corrected chi connectivity index (χ2v) is 10.9. The van der Waals surface area contributed by atoms with E-state index in [2.05, 4.69) is 53.8 Å². The molecule has 6 heteroatoms. The molecule has 0 atom stereocenters. The largest absolute Gasteiger partial charge is 0.478 e. The number of aromatic nitrogens is 1. The minimum atomic E-state index is -0.885. The van der Waals surface area contributed by atoms with Crippen LogP contribution in [0.1, 0.15) is 66.4 Å². The van der Waals surface area contributed by atoms with Crippen LogP contribution in [0.3, 0.4) is 0 Å². The van der Waals surface area contributed by atoms with Crippen molar-refractivity contribution in [1.82, 2.24) is 9.88 Å². The van der Waals surface area contributed by atoms with E-state index in [0.29, 0.717) is 11.6 Å². The van der Waals surface area contributed by atoms with Crippen LogP contribution < -0.4 is 4.90 Å². The van der Waals surface area contributed by atoms with Crippen molar-refractivity contribution in [3.63, 3.8) is 0 Å². The van der Waals surface area contributed by atoms with Gasteiger partial charge in [-0.3, -0.25) is 4.90 Å². The van der Waals surface area contributed by atoms with E-state index in [1.54, 1.807) is 0 Å². The number of anilines is 1. The molecule has 2 aromatic carbocycles.